The van der Waals surface area contributed by atoms with E-state index in [9.17, 15) is 26.8 Å². The van der Waals surface area contributed by atoms with Crippen molar-refractivity contribution in [3.63, 3.8) is 0 Å². The second kappa shape index (κ2) is 11.7. The second-order valence-electron chi connectivity index (χ2n) is 9.85. The number of nitrogens with zero attached hydrogens (tertiary/aromatic N) is 4. The highest BCUT2D eigenvalue weighted by atomic mass is 32.2. The maximum Gasteiger partial charge on any atom is 0.269 e. The van der Waals surface area contributed by atoms with E-state index in [0.717, 1.165) is 16.1 Å². The third-order valence-corrected chi connectivity index (χ3v) is 8.66. The summed E-state index contributed by atoms with van der Waals surface area (Å²) in [4.78, 5) is 34.7. The quantitative estimate of drug-likeness (QED) is 0.266. The Hall–Kier alpha value is -5.49. The van der Waals surface area contributed by atoms with Crippen LogP contribution < -0.4 is 10.9 Å². The molecular weight excluding hydrogens is 588 g/mol. The Kier molecular flexibility index (Phi) is 7.58. The average Bonchev–Trinajstić information content (AvgIpc) is 3.44. The number of halogens is 2. The summed E-state index contributed by atoms with van der Waals surface area (Å²) in [5.41, 5.74) is 1.61. The molecule has 0 saturated heterocycles. The normalized spacial score (nSPS) is 11.5. The molecule has 0 spiro atoms. The summed E-state index contributed by atoms with van der Waals surface area (Å²) in [5, 5.41) is 3.30. The van der Waals surface area contributed by atoms with Gasteiger partial charge in [-0.1, -0.05) is 24.3 Å². The number of carbonyl (C=O) groups is 1. The van der Waals surface area contributed by atoms with E-state index in [4.69, 9.17) is 0 Å². The molecule has 0 atom stereocenters. The van der Waals surface area contributed by atoms with Gasteiger partial charge in [0, 0.05) is 35.7 Å². The molecule has 1 N–H and O–H groups in total. The van der Waals surface area contributed by atoms with Crippen molar-refractivity contribution >= 4 is 27.0 Å². The monoisotopic (exact) mass is 611 g/mol. The molecule has 0 unspecified atom stereocenters. The largest absolute Gasteiger partial charge is 0.346 e. The van der Waals surface area contributed by atoms with Crippen LogP contribution in [0.1, 0.15) is 21.6 Å². The first-order chi connectivity index (χ1) is 21.2. The van der Waals surface area contributed by atoms with Crippen LogP contribution in [-0.4, -0.2) is 32.8 Å². The molecule has 0 saturated carbocycles. The minimum atomic E-state index is -3.93. The first-order valence-electron chi connectivity index (χ1n) is 13.4. The Morgan fingerprint density at radius 3 is 2.48 bits per heavy atom. The van der Waals surface area contributed by atoms with Gasteiger partial charge >= 0.3 is 0 Å². The SMILES string of the molecule is O=C(NCc1cc(-c2cn(S(=O)(=O)c3ccccc3)c3ncccc23)ccn1)c1cccn(Cc2ccc(F)c(F)c2)c1=O. The van der Waals surface area contributed by atoms with E-state index < -0.39 is 33.1 Å². The van der Waals surface area contributed by atoms with Crippen LogP contribution in [0.15, 0.2) is 119 Å². The van der Waals surface area contributed by atoms with Gasteiger partial charge < -0.3 is 9.88 Å². The molecule has 44 heavy (non-hydrogen) atoms. The van der Waals surface area contributed by atoms with Crippen molar-refractivity contribution in [1.82, 2.24) is 23.8 Å². The smallest absolute Gasteiger partial charge is 0.269 e. The Balaban J connectivity index is 1.24. The number of carbonyl (C=O) groups excluding carboxylic acids is 1. The number of fused-ring (bicyclic) bond motifs is 1. The lowest BCUT2D eigenvalue weighted by molar-refractivity contribution is 0.0948. The van der Waals surface area contributed by atoms with Gasteiger partial charge in [-0.15, -0.1) is 0 Å². The molecule has 0 bridgehead atoms. The molecule has 9 nitrogen and oxygen atoms in total. The molecular formula is C32H23F2N5O4S. The van der Waals surface area contributed by atoms with Crippen LogP contribution in [0.3, 0.4) is 0 Å². The van der Waals surface area contributed by atoms with Crippen molar-refractivity contribution in [3.05, 3.63) is 149 Å². The Morgan fingerprint density at radius 1 is 0.864 bits per heavy atom. The zero-order valence-electron chi connectivity index (χ0n) is 22.9. The summed E-state index contributed by atoms with van der Waals surface area (Å²) in [6.45, 7) is -0.0768. The average molecular weight is 612 g/mol. The maximum absolute atomic E-state index is 13.6. The number of pyridine rings is 3. The van der Waals surface area contributed by atoms with Gasteiger partial charge in [0.15, 0.2) is 17.3 Å². The number of nitrogens with one attached hydrogen (secondary N) is 1. The van der Waals surface area contributed by atoms with Gasteiger partial charge in [-0.2, -0.15) is 0 Å². The molecule has 220 valence electrons. The number of rotatable bonds is 8. The summed E-state index contributed by atoms with van der Waals surface area (Å²) in [6.07, 6.45) is 6.03. The van der Waals surface area contributed by atoms with E-state index in [0.29, 0.717) is 27.8 Å². The van der Waals surface area contributed by atoms with E-state index in [1.807, 2.05) is 0 Å². The van der Waals surface area contributed by atoms with Gasteiger partial charge in [-0.3, -0.25) is 14.6 Å². The Morgan fingerprint density at radius 2 is 1.68 bits per heavy atom. The van der Waals surface area contributed by atoms with Crippen LogP contribution in [0, 0.1) is 11.6 Å². The molecule has 1 amide bonds. The molecule has 4 aromatic heterocycles. The van der Waals surface area contributed by atoms with E-state index in [-0.39, 0.29) is 29.2 Å². The van der Waals surface area contributed by atoms with Crippen molar-refractivity contribution < 1.29 is 22.0 Å². The van der Waals surface area contributed by atoms with Crippen LogP contribution in [0.2, 0.25) is 0 Å². The fraction of sp³-hybridized carbons (Fsp3) is 0.0625. The fourth-order valence-corrected chi connectivity index (χ4v) is 6.17. The van der Waals surface area contributed by atoms with Gasteiger partial charge in [0.2, 0.25) is 0 Å². The number of hydrogen-bond donors (Lipinski definition) is 1. The minimum absolute atomic E-state index is 0.0244. The van der Waals surface area contributed by atoms with Crippen LogP contribution in [0.25, 0.3) is 22.2 Å². The summed E-state index contributed by atoms with van der Waals surface area (Å²) in [7, 11) is -3.93. The molecule has 6 rings (SSSR count). The standard InChI is InChI=1S/C32H23F2N5O4S/c33-28-11-10-21(16-29(28)34)19-38-15-5-9-26(32(38)41)31(40)37-18-23-17-22(12-14-35-23)27-20-39(30-25(27)8-4-13-36-30)44(42,43)24-6-2-1-3-7-24/h1-17,20H,18-19H2,(H,37,40). The van der Waals surface area contributed by atoms with E-state index in [2.05, 4.69) is 15.3 Å². The van der Waals surface area contributed by atoms with Gasteiger partial charge in [0.1, 0.15) is 5.56 Å². The molecule has 2 aromatic carbocycles. The highest BCUT2D eigenvalue weighted by Gasteiger charge is 2.23. The van der Waals surface area contributed by atoms with Crippen LogP contribution >= 0.6 is 0 Å². The molecule has 0 radical (unpaired) electrons. The number of benzene rings is 2. The van der Waals surface area contributed by atoms with Gasteiger partial charge in [0.05, 0.1) is 23.7 Å². The number of amides is 1. The highest BCUT2D eigenvalue weighted by Crippen LogP contribution is 2.32. The zero-order valence-corrected chi connectivity index (χ0v) is 23.7. The highest BCUT2D eigenvalue weighted by molar-refractivity contribution is 7.90. The number of aromatic nitrogens is 4. The molecule has 0 aliphatic heterocycles. The molecule has 6 aromatic rings. The lowest BCUT2D eigenvalue weighted by Crippen LogP contribution is -2.32. The first kappa shape index (κ1) is 28.6. The predicted molar refractivity (Wildman–Crippen MR) is 159 cm³/mol. The van der Waals surface area contributed by atoms with Crippen LogP contribution in [-0.2, 0) is 23.1 Å². The van der Waals surface area contributed by atoms with Crippen molar-refractivity contribution in [2.45, 2.75) is 18.0 Å². The van der Waals surface area contributed by atoms with Crippen molar-refractivity contribution in [2.24, 2.45) is 0 Å². The summed E-state index contributed by atoms with van der Waals surface area (Å²) in [5.74, 6) is -2.67. The van der Waals surface area contributed by atoms with Crippen LogP contribution in [0.4, 0.5) is 8.78 Å². The Labute approximate surface area is 250 Å². The van der Waals surface area contributed by atoms with Gasteiger partial charge in [-0.25, -0.2) is 26.2 Å². The summed E-state index contributed by atoms with van der Waals surface area (Å²) < 4.78 is 56.2. The molecule has 0 fully saturated rings. The molecule has 0 aliphatic carbocycles. The third kappa shape index (κ3) is 5.50. The van der Waals surface area contributed by atoms with Crippen molar-refractivity contribution in [2.75, 3.05) is 0 Å². The minimum Gasteiger partial charge on any atom is -0.346 e. The van der Waals surface area contributed by atoms with Gasteiger partial charge in [0.25, 0.3) is 21.5 Å². The topological polar surface area (TPSA) is 116 Å². The van der Waals surface area contributed by atoms with Gasteiger partial charge in [-0.05, 0) is 71.8 Å². The lowest BCUT2D eigenvalue weighted by atomic mass is 10.1. The molecule has 0 aliphatic rings. The third-order valence-electron chi connectivity index (χ3n) is 6.99. The second-order valence-corrected chi connectivity index (χ2v) is 11.7. The molecule has 4 heterocycles. The molecule has 12 heteroatoms. The van der Waals surface area contributed by atoms with E-state index in [1.54, 1.807) is 48.7 Å². The Bertz CT molecular complexity index is 2200. The van der Waals surface area contributed by atoms with Crippen molar-refractivity contribution in [1.29, 1.82) is 0 Å². The first-order valence-corrected chi connectivity index (χ1v) is 14.8. The van der Waals surface area contributed by atoms with E-state index >= 15 is 0 Å². The number of hydrogen-bond acceptors (Lipinski definition) is 6. The predicted octanol–water partition coefficient (Wildman–Crippen LogP) is 4.75. The zero-order chi connectivity index (χ0) is 30.8. The van der Waals surface area contributed by atoms with E-state index in [1.165, 1.54) is 53.5 Å². The van der Waals surface area contributed by atoms with Crippen LogP contribution in [0.5, 0.6) is 0 Å². The summed E-state index contributed by atoms with van der Waals surface area (Å²) in [6, 6.07) is 21.2. The lowest BCUT2D eigenvalue weighted by Gasteiger charge is -2.10. The maximum atomic E-state index is 13.6. The van der Waals surface area contributed by atoms with Crippen molar-refractivity contribution in [3.8, 4) is 11.1 Å². The fourth-order valence-electron chi connectivity index (χ4n) is 4.83. The summed E-state index contributed by atoms with van der Waals surface area (Å²) >= 11 is 0.